The molecule has 2 amide bonds. The van der Waals surface area contributed by atoms with Gasteiger partial charge in [0.05, 0.1) is 17.1 Å². The van der Waals surface area contributed by atoms with Gasteiger partial charge >= 0.3 is 0 Å². The van der Waals surface area contributed by atoms with Crippen LogP contribution < -0.4 is 16.0 Å². The maximum absolute atomic E-state index is 12.0. The number of rotatable bonds is 5. The summed E-state index contributed by atoms with van der Waals surface area (Å²) in [4.78, 5) is 23.5. The van der Waals surface area contributed by atoms with Crippen LogP contribution in [0.15, 0.2) is 48.5 Å². The van der Waals surface area contributed by atoms with Crippen LogP contribution in [0.2, 0.25) is 5.02 Å². The van der Waals surface area contributed by atoms with Gasteiger partial charge in [0.25, 0.3) is 0 Å². The van der Waals surface area contributed by atoms with E-state index < -0.39 is 0 Å². The molecule has 5 nitrogen and oxygen atoms in total. The summed E-state index contributed by atoms with van der Waals surface area (Å²) >= 11 is 11.3. The lowest BCUT2D eigenvalue weighted by molar-refractivity contribution is -0.119. The molecule has 0 aromatic heterocycles. The summed E-state index contributed by atoms with van der Waals surface area (Å²) in [5.41, 5.74) is 1.99. The first-order chi connectivity index (χ1) is 12.0. The fourth-order valence-corrected chi connectivity index (χ4v) is 2.44. The molecule has 0 bridgehead atoms. The van der Waals surface area contributed by atoms with E-state index >= 15 is 0 Å². The normalized spacial score (nSPS) is 10.0. The zero-order valence-corrected chi connectivity index (χ0v) is 15.2. The quantitative estimate of drug-likeness (QED) is 0.696. The van der Waals surface area contributed by atoms with Gasteiger partial charge in [0.2, 0.25) is 11.8 Å². The van der Waals surface area contributed by atoms with Crippen LogP contribution in [0.5, 0.6) is 0 Å². The molecule has 0 saturated heterocycles. The van der Waals surface area contributed by atoms with Gasteiger partial charge in [0.1, 0.15) is 0 Å². The van der Waals surface area contributed by atoms with E-state index in [0.717, 1.165) is 5.56 Å². The van der Waals surface area contributed by atoms with Gasteiger partial charge in [0, 0.05) is 12.1 Å². The number of carbonyl (C=O) groups excluding carboxylic acids is 2. The van der Waals surface area contributed by atoms with E-state index in [4.69, 9.17) is 23.8 Å². The molecular weight excluding hydrogens is 358 g/mol. The van der Waals surface area contributed by atoms with Crippen LogP contribution in [0, 0.1) is 0 Å². The van der Waals surface area contributed by atoms with Crippen molar-refractivity contribution in [1.29, 1.82) is 0 Å². The van der Waals surface area contributed by atoms with Gasteiger partial charge in [0.15, 0.2) is 5.11 Å². The third kappa shape index (κ3) is 6.17. The monoisotopic (exact) mass is 375 g/mol. The maximum atomic E-state index is 12.0. The van der Waals surface area contributed by atoms with Gasteiger partial charge < -0.3 is 16.0 Å². The average molecular weight is 376 g/mol. The molecule has 0 heterocycles. The minimum atomic E-state index is -0.227. The Balaban J connectivity index is 1.96. The number of anilines is 2. The average Bonchev–Trinajstić information content (AvgIpc) is 2.58. The summed E-state index contributed by atoms with van der Waals surface area (Å²) in [5.74, 6) is -0.331. The number of halogens is 1. The van der Waals surface area contributed by atoms with Gasteiger partial charge in [-0.2, -0.15) is 0 Å². The van der Waals surface area contributed by atoms with Crippen molar-refractivity contribution in [1.82, 2.24) is 5.32 Å². The summed E-state index contributed by atoms with van der Waals surface area (Å²) in [5, 5.41) is 8.79. The highest BCUT2D eigenvalue weighted by molar-refractivity contribution is 7.80. The molecule has 7 heteroatoms. The zero-order valence-electron chi connectivity index (χ0n) is 13.6. The molecule has 2 aromatic carbocycles. The second-order valence-electron chi connectivity index (χ2n) is 5.26. The molecule has 0 unspecified atom stereocenters. The Morgan fingerprint density at radius 1 is 1.04 bits per heavy atom. The third-order valence-corrected chi connectivity index (χ3v) is 3.81. The van der Waals surface area contributed by atoms with Gasteiger partial charge in [-0.3, -0.25) is 9.59 Å². The lowest BCUT2D eigenvalue weighted by Crippen LogP contribution is -2.35. The Bertz CT molecular complexity index is 781. The zero-order chi connectivity index (χ0) is 18.2. The van der Waals surface area contributed by atoms with Crippen LogP contribution in [-0.4, -0.2) is 16.9 Å². The van der Waals surface area contributed by atoms with Gasteiger partial charge in [-0.1, -0.05) is 48.9 Å². The van der Waals surface area contributed by atoms with E-state index in [0.29, 0.717) is 22.8 Å². The van der Waals surface area contributed by atoms with Crippen molar-refractivity contribution in [3.8, 4) is 0 Å². The van der Waals surface area contributed by atoms with Crippen LogP contribution in [0.4, 0.5) is 11.4 Å². The molecule has 0 aliphatic rings. The Labute approximate surface area is 156 Å². The second-order valence-corrected chi connectivity index (χ2v) is 6.08. The second kappa shape index (κ2) is 9.15. The Hall–Kier alpha value is -2.44. The van der Waals surface area contributed by atoms with Crippen LogP contribution in [0.1, 0.15) is 18.9 Å². The molecule has 25 heavy (non-hydrogen) atoms. The smallest absolute Gasteiger partial charge is 0.230 e. The van der Waals surface area contributed by atoms with E-state index in [9.17, 15) is 9.59 Å². The van der Waals surface area contributed by atoms with Crippen LogP contribution in [0.3, 0.4) is 0 Å². The van der Waals surface area contributed by atoms with Gasteiger partial charge in [-0.15, -0.1) is 0 Å². The highest BCUT2D eigenvalue weighted by atomic mass is 35.5. The molecular formula is C18H18ClN3O2S. The first-order valence-corrected chi connectivity index (χ1v) is 8.50. The Morgan fingerprint density at radius 3 is 2.44 bits per heavy atom. The summed E-state index contributed by atoms with van der Waals surface area (Å²) in [6.07, 6.45) is 0.600. The molecule has 0 aliphatic carbocycles. The highest BCUT2D eigenvalue weighted by Crippen LogP contribution is 2.25. The number of benzene rings is 2. The van der Waals surface area contributed by atoms with Crippen molar-refractivity contribution in [2.45, 2.75) is 19.8 Å². The largest absolute Gasteiger partial charge is 0.331 e. The van der Waals surface area contributed by atoms with Gasteiger partial charge in [-0.05, 0) is 36.0 Å². The maximum Gasteiger partial charge on any atom is 0.230 e. The van der Waals surface area contributed by atoms with Crippen molar-refractivity contribution in [2.75, 3.05) is 10.6 Å². The molecule has 2 aromatic rings. The lowest BCUT2D eigenvalue weighted by atomic mass is 10.1. The van der Waals surface area contributed by atoms with Crippen LogP contribution in [-0.2, 0) is 16.0 Å². The number of nitrogens with one attached hydrogen (secondary N) is 3. The number of hydrogen-bond acceptors (Lipinski definition) is 3. The van der Waals surface area contributed by atoms with Crippen molar-refractivity contribution < 1.29 is 9.59 Å². The molecule has 0 fully saturated rings. The van der Waals surface area contributed by atoms with Crippen molar-refractivity contribution in [3.63, 3.8) is 0 Å². The van der Waals surface area contributed by atoms with Crippen molar-refractivity contribution >= 4 is 52.1 Å². The van der Waals surface area contributed by atoms with Crippen LogP contribution >= 0.6 is 23.8 Å². The minimum absolute atomic E-state index is 0.105. The Morgan fingerprint density at radius 2 is 1.76 bits per heavy atom. The molecule has 3 N–H and O–H groups in total. The lowest BCUT2D eigenvalue weighted by Gasteiger charge is -2.13. The van der Waals surface area contributed by atoms with Crippen molar-refractivity contribution in [3.05, 3.63) is 59.1 Å². The summed E-state index contributed by atoms with van der Waals surface area (Å²) in [7, 11) is 0. The predicted molar refractivity (Wildman–Crippen MR) is 105 cm³/mol. The fraction of sp³-hybridized carbons (Fsp3) is 0.167. The fourth-order valence-electron chi connectivity index (χ4n) is 2.05. The van der Waals surface area contributed by atoms with Crippen molar-refractivity contribution in [2.24, 2.45) is 0 Å². The van der Waals surface area contributed by atoms with E-state index in [-0.39, 0.29) is 23.3 Å². The number of hydrogen-bond donors (Lipinski definition) is 3. The first-order valence-electron chi connectivity index (χ1n) is 7.72. The number of carbonyl (C=O) groups is 2. The molecule has 0 saturated carbocycles. The molecule has 0 atom stereocenters. The predicted octanol–water partition coefficient (Wildman–Crippen LogP) is 3.74. The molecule has 2 rings (SSSR count). The van der Waals surface area contributed by atoms with E-state index in [1.807, 2.05) is 30.3 Å². The van der Waals surface area contributed by atoms with Crippen LogP contribution in [0.25, 0.3) is 0 Å². The molecule has 0 spiro atoms. The standard InChI is InChI=1S/C18H18ClN3O2S/c1-2-16(23)20-13-8-9-14(19)15(11-13)21-18(25)22-17(24)10-12-6-4-3-5-7-12/h3-9,11H,2,10H2,1H3,(H,20,23)(H2,21,22,24,25). The van der Waals surface area contributed by atoms with E-state index in [1.165, 1.54) is 0 Å². The van der Waals surface area contributed by atoms with E-state index in [2.05, 4.69) is 16.0 Å². The SMILES string of the molecule is CCC(=O)Nc1ccc(Cl)c(NC(=S)NC(=O)Cc2ccccc2)c1. The summed E-state index contributed by atoms with van der Waals surface area (Å²) in [6.45, 7) is 1.77. The minimum Gasteiger partial charge on any atom is -0.331 e. The molecule has 0 radical (unpaired) electrons. The summed E-state index contributed by atoms with van der Waals surface area (Å²) in [6, 6.07) is 14.4. The number of thiocarbonyl (C=S) groups is 1. The topological polar surface area (TPSA) is 70.2 Å². The first kappa shape index (κ1) is 18.9. The third-order valence-electron chi connectivity index (χ3n) is 3.28. The molecule has 130 valence electrons. The highest BCUT2D eigenvalue weighted by Gasteiger charge is 2.09. The van der Waals surface area contributed by atoms with E-state index in [1.54, 1.807) is 25.1 Å². The number of amides is 2. The van der Waals surface area contributed by atoms with Gasteiger partial charge in [-0.25, -0.2) is 0 Å². The summed E-state index contributed by atoms with van der Waals surface area (Å²) < 4.78 is 0. The Kier molecular flexibility index (Phi) is 6.91. The molecule has 0 aliphatic heterocycles.